The van der Waals surface area contributed by atoms with Crippen molar-refractivity contribution in [1.82, 2.24) is 5.32 Å². The summed E-state index contributed by atoms with van der Waals surface area (Å²) in [7, 11) is 4.97. The van der Waals surface area contributed by atoms with Crippen LogP contribution in [0.5, 0.6) is 0 Å². The summed E-state index contributed by atoms with van der Waals surface area (Å²) in [6.45, 7) is 5.97. The average molecular weight is 386 g/mol. The fourth-order valence-corrected chi connectivity index (χ4v) is 2.22. The molecular formula is C20H39N3O4. The van der Waals surface area contributed by atoms with Crippen LogP contribution >= 0.6 is 0 Å². The first-order valence-corrected chi connectivity index (χ1v) is 9.39. The first-order chi connectivity index (χ1) is 12.8. The zero-order valence-electron chi connectivity index (χ0n) is 17.4. The van der Waals surface area contributed by atoms with Crippen LogP contribution in [0.4, 0.5) is 0 Å². The van der Waals surface area contributed by atoms with E-state index >= 15 is 0 Å². The molecule has 2 unspecified atom stereocenters. The van der Waals surface area contributed by atoms with Gasteiger partial charge in [0, 0.05) is 19.4 Å². The number of methoxy groups -OCH3 is 2. The third-order valence-electron chi connectivity index (χ3n) is 4.07. The summed E-state index contributed by atoms with van der Waals surface area (Å²) < 4.78 is 9.54. The topological polar surface area (TPSA) is 118 Å². The highest BCUT2D eigenvalue weighted by molar-refractivity contribution is 5.91. The van der Waals surface area contributed by atoms with Gasteiger partial charge in [-0.15, -0.1) is 0 Å². The molecule has 0 aliphatic heterocycles. The summed E-state index contributed by atoms with van der Waals surface area (Å²) in [6, 6.07) is -0.0857. The normalized spacial score (nSPS) is 16.2. The van der Waals surface area contributed by atoms with Gasteiger partial charge in [0.25, 0.3) is 0 Å². The van der Waals surface area contributed by atoms with Crippen molar-refractivity contribution in [2.24, 2.45) is 5.73 Å². The van der Waals surface area contributed by atoms with Gasteiger partial charge in [-0.25, -0.2) is 4.79 Å². The van der Waals surface area contributed by atoms with Crippen LogP contribution in [0.1, 0.15) is 45.4 Å². The Balaban J connectivity index is 0. The molecule has 158 valence electrons. The van der Waals surface area contributed by atoms with Gasteiger partial charge < -0.3 is 31.0 Å². The summed E-state index contributed by atoms with van der Waals surface area (Å²) in [4.78, 5) is 10.6. The second-order valence-electron chi connectivity index (χ2n) is 6.34. The predicted molar refractivity (Wildman–Crippen MR) is 111 cm³/mol. The van der Waals surface area contributed by atoms with Crippen LogP contribution < -0.4 is 11.1 Å². The fourth-order valence-electron chi connectivity index (χ4n) is 2.22. The number of ether oxygens (including phenoxy) is 2. The number of nitrogens with two attached hydrogens (primary N) is 1. The molecule has 0 aromatic carbocycles. The van der Waals surface area contributed by atoms with Gasteiger partial charge in [-0.1, -0.05) is 25.8 Å². The SMILES string of the molecule is C=C(/C=C\C=N)C(=O)OC.CNCCC(N)C(C)O.COC1CCCCC1. The van der Waals surface area contributed by atoms with E-state index in [0.717, 1.165) is 19.2 Å². The van der Waals surface area contributed by atoms with Crippen molar-refractivity contribution in [1.29, 1.82) is 5.41 Å². The van der Waals surface area contributed by atoms with Crippen LogP contribution in [-0.2, 0) is 14.3 Å². The van der Waals surface area contributed by atoms with Gasteiger partial charge in [0.15, 0.2) is 0 Å². The predicted octanol–water partition coefficient (Wildman–Crippen LogP) is 2.19. The molecule has 0 spiro atoms. The van der Waals surface area contributed by atoms with Gasteiger partial charge in [-0.3, -0.25) is 0 Å². The van der Waals surface area contributed by atoms with Crippen molar-refractivity contribution in [3.63, 3.8) is 0 Å². The molecule has 0 saturated heterocycles. The third-order valence-corrected chi connectivity index (χ3v) is 4.07. The summed E-state index contributed by atoms with van der Waals surface area (Å²) in [5, 5.41) is 18.4. The Morgan fingerprint density at radius 2 is 1.96 bits per heavy atom. The second-order valence-corrected chi connectivity index (χ2v) is 6.34. The summed E-state index contributed by atoms with van der Waals surface area (Å²) >= 11 is 0. The number of hydrogen-bond donors (Lipinski definition) is 4. The molecule has 7 heteroatoms. The maximum atomic E-state index is 10.6. The number of aliphatic hydroxyl groups is 1. The van der Waals surface area contributed by atoms with Crippen LogP contribution in [0.3, 0.4) is 0 Å². The lowest BCUT2D eigenvalue weighted by Crippen LogP contribution is -2.34. The van der Waals surface area contributed by atoms with Crippen molar-refractivity contribution in [3.8, 4) is 0 Å². The Kier molecular flexibility index (Phi) is 19.7. The Morgan fingerprint density at radius 1 is 1.37 bits per heavy atom. The van der Waals surface area contributed by atoms with E-state index in [-0.39, 0.29) is 11.6 Å². The summed E-state index contributed by atoms with van der Waals surface area (Å²) in [5.74, 6) is -0.474. The largest absolute Gasteiger partial charge is 0.465 e. The van der Waals surface area contributed by atoms with E-state index in [2.05, 4.69) is 16.6 Å². The molecule has 1 aliphatic carbocycles. The highest BCUT2D eigenvalue weighted by atomic mass is 16.5. The van der Waals surface area contributed by atoms with Gasteiger partial charge in [0.05, 0.1) is 24.9 Å². The molecule has 0 aromatic rings. The number of hydrogen-bond acceptors (Lipinski definition) is 7. The van der Waals surface area contributed by atoms with Gasteiger partial charge in [0.1, 0.15) is 0 Å². The molecule has 0 radical (unpaired) electrons. The Bertz CT molecular complexity index is 419. The monoisotopic (exact) mass is 385 g/mol. The molecule has 1 aliphatic rings. The van der Waals surface area contributed by atoms with Crippen LogP contribution in [0.15, 0.2) is 24.3 Å². The van der Waals surface area contributed by atoms with E-state index < -0.39 is 12.1 Å². The Labute approximate surface area is 164 Å². The van der Waals surface area contributed by atoms with E-state index in [9.17, 15) is 4.79 Å². The smallest absolute Gasteiger partial charge is 0.337 e. The first-order valence-electron chi connectivity index (χ1n) is 9.39. The van der Waals surface area contributed by atoms with Crippen molar-refractivity contribution in [3.05, 3.63) is 24.3 Å². The zero-order chi connectivity index (χ0) is 21.1. The molecule has 1 fully saturated rings. The van der Waals surface area contributed by atoms with E-state index in [1.165, 1.54) is 51.4 Å². The maximum absolute atomic E-state index is 10.6. The van der Waals surface area contributed by atoms with Gasteiger partial charge in [-0.05, 0) is 51.9 Å². The minimum Gasteiger partial charge on any atom is -0.465 e. The second kappa shape index (κ2) is 19.2. The van der Waals surface area contributed by atoms with Crippen molar-refractivity contribution in [2.75, 3.05) is 27.8 Å². The molecule has 5 N–H and O–H groups in total. The van der Waals surface area contributed by atoms with E-state index in [1.807, 2.05) is 14.2 Å². The first kappa shape index (κ1) is 27.7. The number of allylic oxidation sites excluding steroid dienone is 1. The Hall–Kier alpha value is -1.54. The van der Waals surface area contributed by atoms with E-state index in [1.54, 1.807) is 6.92 Å². The van der Waals surface area contributed by atoms with Crippen molar-refractivity contribution < 1.29 is 19.4 Å². The third kappa shape index (κ3) is 17.6. The summed E-state index contributed by atoms with van der Waals surface area (Å²) in [5.41, 5.74) is 5.75. The minimum atomic E-state index is -0.474. The fraction of sp³-hybridized carbons (Fsp3) is 0.700. The summed E-state index contributed by atoms with van der Waals surface area (Å²) in [6.07, 6.45) is 11.6. The minimum absolute atomic E-state index is 0.0857. The molecule has 0 amide bonds. The lowest BCUT2D eigenvalue weighted by Gasteiger charge is -2.19. The number of carbonyl (C=O) groups is 1. The molecule has 2 atom stereocenters. The number of nitrogens with one attached hydrogen (secondary N) is 2. The van der Waals surface area contributed by atoms with Crippen LogP contribution in [0.2, 0.25) is 0 Å². The van der Waals surface area contributed by atoms with Gasteiger partial charge >= 0.3 is 5.97 Å². The van der Waals surface area contributed by atoms with Gasteiger partial charge in [0.2, 0.25) is 0 Å². The van der Waals surface area contributed by atoms with E-state index in [0.29, 0.717) is 6.10 Å². The molecule has 0 heterocycles. The zero-order valence-corrected chi connectivity index (χ0v) is 17.4. The van der Waals surface area contributed by atoms with Crippen LogP contribution in [-0.4, -0.2) is 63.4 Å². The number of aliphatic hydroxyl groups excluding tert-OH is 1. The maximum Gasteiger partial charge on any atom is 0.337 e. The average Bonchev–Trinajstić information content (AvgIpc) is 2.70. The molecule has 7 nitrogen and oxygen atoms in total. The van der Waals surface area contributed by atoms with Crippen molar-refractivity contribution in [2.45, 2.75) is 63.7 Å². The number of rotatable bonds is 8. The Morgan fingerprint density at radius 3 is 2.33 bits per heavy atom. The highest BCUT2D eigenvalue weighted by Gasteiger charge is 2.10. The van der Waals surface area contributed by atoms with Crippen LogP contribution in [0, 0.1) is 5.41 Å². The lowest BCUT2D eigenvalue weighted by atomic mass is 9.98. The molecular weight excluding hydrogens is 346 g/mol. The molecule has 0 aromatic heterocycles. The van der Waals surface area contributed by atoms with E-state index in [4.69, 9.17) is 21.0 Å². The number of esters is 1. The van der Waals surface area contributed by atoms with Crippen molar-refractivity contribution >= 4 is 12.2 Å². The quantitative estimate of drug-likeness (QED) is 0.220. The lowest BCUT2D eigenvalue weighted by molar-refractivity contribution is -0.135. The highest BCUT2D eigenvalue weighted by Crippen LogP contribution is 2.19. The van der Waals surface area contributed by atoms with Crippen LogP contribution in [0.25, 0.3) is 0 Å². The molecule has 27 heavy (non-hydrogen) atoms. The molecule has 0 bridgehead atoms. The molecule has 1 saturated carbocycles. The standard InChI is InChI=1S/C7H9NO2.C7H14O.C6H16N2O/c1-6(4-3-5-8)7(9)10-2;1-8-7-5-3-2-4-6-7;1-5(9)6(7)3-4-8-2/h3-5,8H,1H2,2H3;7H,2-6H2,1H3;5-6,8-9H,3-4,7H2,1-2H3/b4-3-,8-5?;;. The number of carbonyl (C=O) groups excluding carboxylic acids is 1. The van der Waals surface area contributed by atoms with Gasteiger partial charge in [-0.2, -0.15) is 0 Å². The molecule has 1 rings (SSSR count).